The Kier molecular flexibility index (Phi) is 3.64. The second-order valence-corrected chi connectivity index (χ2v) is 2.15. The Morgan fingerprint density at radius 2 is 2.10 bits per heavy atom. The summed E-state index contributed by atoms with van der Waals surface area (Å²) in [5.74, 6) is 0. The number of aromatic nitrogens is 1. The van der Waals surface area contributed by atoms with E-state index < -0.39 is 0 Å². The van der Waals surface area contributed by atoms with Gasteiger partial charge in [0.2, 0.25) is 0 Å². The molecule has 1 aromatic heterocycles. The predicted molar refractivity (Wildman–Crippen MR) is 38.6 cm³/mol. The lowest BCUT2D eigenvalue weighted by molar-refractivity contribution is 0.420. The molecule has 1 aromatic rings. The van der Waals surface area contributed by atoms with Crippen molar-refractivity contribution < 1.29 is 4.52 Å². The number of rotatable bonds is 0. The molecule has 0 atom stereocenters. The standard InChI is InChI=1S/C4H9N.C3H3NO/c2*1-2-4-5-3-1/h5H,1-4H2;1-3H. The Balaban J connectivity index is 0.0000001000. The monoisotopic (exact) mass is 140 g/mol. The van der Waals surface area contributed by atoms with Crippen molar-refractivity contribution in [2.45, 2.75) is 12.8 Å². The molecule has 1 saturated heterocycles. The first-order chi connectivity index (χ1) is 5.00. The van der Waals surface area contributed by atoms with Gasteiger partial charge in [-0.2, -0.15) is 0 Å². The first kappa shape index (κ1) is 7.28. The van der Waals surface area contributed by atoms with E-state index in [9.17, 15) is 0 Å². The molecule has 0 radical (unpaired) electrons. The molecule has 56 valence electrons. The lowest BCUT2D eigenvalue weighted by Gasteiger charge is -1.76. The van der Waals surface area contributed by atoms with Crippen LogP contribution in [0.3, 0.4) is 0 Å². The summed E-state index contributed by atoms with van der Waals surface area (Å²) in [6, 6.07) is 1.72. The van der Waals surface area contributed by atoms with Gasteiger partial charge in [0.25, 0.3) is 0 Å². The Morgan fingerprint density at radius 3 is 2.30 bits per heavy atom. The van der Waals surface area contributed by atoms with Gasteiger partial charge in [0.05, 0.1) is 6.20 Å². The lowest BCUT2D eigenvalue weighted by Crippen LogP contribution is -2.03. The third kappa shape index (κ3) is 3.25. The van der Waals surface area contributed by atoms with Gasteiger partial charge in [-0.3, -0.25) is 0 Å². The minimum atomic E-state index is 1.25. The van der Waals surface area contributed by atoms with Gasteiger partial charge in [-0.1, -0.05) is 5.16 Å². The Bertz CT molecular complexity index is 110. The molecule has 0 unspecified atom stereocenters. The van der Waals surface area contributed by atoms with Crippen molar-refractivity contribution in [2.75, 3.05) is 13.1 Å². The van der Waals surface area contributed by atoms with Crippen LogP contribution in [0.4, 0.5) is 0 Å². The van der Waals surface area contributed by atoms with E-state index in [1.165, 1.54) is 32.2 Å². The molecular formula is C7H12N2O. The minimum absolute atomic E-state index is 1.25. The number of nitrogens with zero attached hydrogens (tertiary/aromatic N) is 1. The molecule has 3 nitrogen and oxygen atoms in total. The zero-order valence-electron chi connectivity index (χ0n) is 5.92. The van der Waals surface area contributed by atoms with Gasteiger partial charge in [0, 0.05) is 0 Å². The predicted octanol–water partition coefficient (Wildman–Crippen LogP) is 1.04. The van der Waals surface area contributed by atoms with Crippen LogP contribution < -0.4 is 5.32 Å². The summed E-state index contributed by atoms with van der Waals surface area (Å²) >= 11 is 0. The maximum absolute atomic E-state index is 4.33. The third-order valence-corrected chi connectivity index (χ3v) is 1.30. The molecule has 0 bridgehead atoms. The molecular weight excluding hydrogens is 128 g/mol. The first-order valence-electron chi connectivity index (χ1n) is 3.55. The SMILES string of the molecule is C1CCNC1.c1cnoc1. The van der Waals surface area contributed by atoms with Gasteiger partial charge in [0.1, 0.15) is 6.26 Å². The largest absolute Gasteiger partial charge is 0.365 e. The van der Waals surface area contributed by atoms with E-state index in [1.807, 2.05) is 0 Å². The molecule has 1 N–H and O–H groups in total. The van der Waals surface area contributed by atoms with Crippen LogP contribution in [-0.2, 0) is 0 Å². The van der Waals surface area contributed by atoms with Crippen LogP contribution in [0.2, 0.25) is 0 Å². The smallest absolute Gasteiger partial charge is 0.123 e. The summed E-state index contributed by atoms with van der Waals surface area (Å²) in [4.78, 5) is 0. The molecule has 0 amide bonds. The van der Waals surface area contributed by atoms with Gasteiger partial charge in [-0.05, 0) is 32.0 Å². The van der Waals surface area contributed by atoms with Gasteiger partial charge >= 0.3 is 0 Å². The van der Waals surface area contributed by atoms with E-state index in [0.29, 0.717) is 0 Å². The third-order valence-electron chi connectivity index (χ3n) is 1.30. The summed E-state index contributed by atoms with van der Waals surface area (Å²) in [7, 11) is 0. The molecule has 3 heteroatoms. The van der Waals surface area contributed by atoms with E-state index in [-0.39, 0.29) is 0 Å². The molecule has 0 saturated carbocycles. The molecule has 2 heterocycles. The van der Waals surface area contributed by atoms with E-state index in [4.69, 9.17) is 0 Å². The molecule has 0 spiro atoms. The first-order valence-corrected chi connectivity index (χ1v) is 3.55. The highest BCUT2D eigenvalue weighted by Gasteiger charge is 1.93. The normalized spacial score (nSPS) is 16.0. The summed E-state index contributed by atoms with van der Waals surface area (Å²) in [6.07, 6.45) is 5.88. The van der Waals surface area contributed by atoms with Crippen molar-refractivity contribution in [3.05, 3.63) is 18.5 Å². The second-order valence-electron chi connectivity index (χ2n) is 2.15. The Morgan fingerprint density at radius 1 is 1.30 bits per heavy atom. The maximum Gasteiger partial charge on any atom is 0.123 e. The highest BCUT2D eigenvalue weighted by molar-refractivity contribution is 4.67. The van der Waals surface area contributed by atoms with Crippen molar-refractivity contribution in [1.82, 2.24) is 10.5 Å². The fraction of sp³-hybridized carbons (Fsp3) is 0.571. The van der Waals surface area contributed by atoms with Crippen LogP contribution in [0, 0.1) is 0 Å². The summed E-state index contributed by atoms with van der Waals surface area (Å²) < 4.78 is 4.33. The van der Waals surface area contributed by atoms with Crippen LogP contribution in [0.25, 0.3) is 0 Å². The Hall–Kier alpha value is -0.830. The molecule has 0 aromatic carbocycles. The minimum Gasteiger partial charge on any atom is -0.365 e. The maximum atomic E-state index is 4.33. The summed E-state index contributed by atoms with van der Waals surface area (Å²) in [6.45, 7) is 2.50. The fourth-order valence-corrected chi connectivity index (χ4v) is 0.801. The highest BCUT2D eigenvalue weighted by atomic mass is 16.5. The molecule has 1 aliphatic heterocycles. The topological polar surface area (TPSA) is 38.1 Å². The zero-order chi connectivity index (χ0) is 7.07. The van der Waals surface area contributed by atoms with Crippen molar-refractivity contribution in [3.63, 3.8) is 0 Å². The lowest BCUT2D eigenvalue weighted by atomic mass is 10.4. The summed E-state index contributed by atoms with van der Waals surface area (Å²) in [5.41, 5.74) is 0. The van der Waals surface area contributed by atoms with E-state index in [0.717, 1.165) is 0 Å². The van der Waals surface area contributed by atoms with Crippen LogP contribution in [-0.4, -0.2) is 18.2 Å². The molecule has 1 fully saturated rings. The average molecular weight is 140 g/mol. The molecule has 2 rings (SSSR count). The van der Waals surface area contributed by atoms with Crippen molar-refractivity contribution in [1.29, 1.82) is 0 Å². The van der Waals surface area contributed by atoms with E-state index in [2.05, 4.69) is 15.0 Å². The fourth-order valence-electron chi connectivity index (χ4n) is 0.801. The molecule has 0 aliphatic carbocycles. The van der Waals surface area contributed by atoms with Gasteiger partial charge in [-0.25, -0.2) is 0 Å². The zero-order valence-corrected chi connectivity index (χ0v) is 5.92. The van der Waals surface area contributed by atoms with Crippen molar-refractivity contribution in [3.8, 4) is 0 Å². The van der Waals surface area contributed by atoms with E-state index in [1.54, 1.807) is 12.3 Å². The highest BCUT2D eigenvalue weighted by Crippen LogP contribution is 1.90. The quantitative estimate of drug-likeness (QED) is 0.585. The van der Waals surface area contributed by atoms with Crippen LogP contribution in [0.5, 0.6) is 0 Å². The average Bonchev–Trinajstić information content (AvgIpc) is 2.67. The number of hydrogen-bond acceptors (Lipinski definition) is 3. The van der Waals surface area contributed by atoms with Gasteiger partial charge in [-0.15, -0.1) is 0 Å². The number of nitrogens with one attached hydrogen (secondary N) is 1. The van der Waals surface area contributed by atoms with Gasteiger partial charge < -0.3 is 9.84 Å². The van der Waals surface area contributed by atoms with E-state index >= 15 is 0 Å². The van der Waals surface area contributed by atoms with Crippen LogP contribution in [0.1, 0.15) is 12.8 Å². The summed E-state index contributed by atoms with van der Waals surface area (Å²) in [5, 5.41) is 6.57. The van der Waals surface area contributed by atoms with Crippen molar-refractivity contribution in [2.24, 2.45) is 0 Å². The molecule has 10 heavy (non-hydrogen) atoms. The van der Waals surface area contributed by atoms with Gasteiger partial charge in [0.15, 0.2) is 0 Å². The van der Waals surface area contributed by atoms with Crippen molar-refractivity contribution >= 4 is 0 Å². The number of hydrogen-bond donors (Lipinski definition) is 1. The van der Waals surface area contributed by atoms with Crippen LogP contribution >= 0.6 is 0 Å². The Labute approximate surface area is 60.4 Å². The second kappa shape index (κ2) is 4.99. The van der Waals surface area contributed by atoms with Crippen LogP contribution in [0.15, 0.2) is 23.0 Å². The molecule has 1 aliphatic rings.